The molecule has 6 heteroatoms. The van der Waals surface area contributed by atoms with Gasteiger partial charge in [-0.3, -0.25) is 0 Å². The molecule has 0 fully saturated rings. The molecule has 0 aliphatic heterocycles. The van der Waals surface area contributed by atoms with Gasteiger partial charge in [0.1, 0.15) is 0 Å². The van der Waals surface area contributed by atoms with Crippen LogP contribution in [0.3, 0.4) is 0 Å². The standard InChI is InChI=1S/C17H19O.ClHO4/c1-13-7-9-15(10-8-13)17-12-11-14-5-3-2-4-6-16(14)18-17;2-1(3,4)5/h7-12H,2-6H2,1H3;(H,2,3,4,5)/q+1;/p-1. The Bertz CT molecular complexity index is 628. The van der Waals surface area contributed by atoms with Gasteiger partial charge in [-0.15, -0.1) is 10.2 Å². The fraction of sp³-hybridized carbons (Fsp3) is 0.353. The molecule has 5 nitrogen and oxygen atoms in total. The summed E-state index contributed by atoms with van der Waals surface area (Å²) < 4.78 is 40.1. The summed E-state index contributed by atoms with van der Waals surface area (Å²) in [5, 5.41) is 0. The smallest absolute Gasteiger partial charge is 0.222 e. The third kappa shape index (κ3) is 6.25. The lowest BCUT2D eigenvalue weighted by molar-refractivity contribution is -2.00. The second-order valence-electron chi connectivity index (χ2n) is 5.55. The highest BCUT2D eigenvalue weighted by atomic mass is 35.7. The lowest BCUT2D eigenvalue weighted by atomic mass is 10.1. The minimum absolute atomic E-state index is 0.996. The van der Waals surface area contributed by atoms with Crippen molar-refractivity contribution < 1.29 is 33.3 Å². The van der Waals surface area contributed by atoms with E-state index in [9.17, 15) is 0 Å². The first kappa shape index (κ1) is 17.8. The van der Waals surface area contributed by atoms with Crippen molar-refractivity contribution in [1.29, 1.82) is 0 Å². The molecule has 1 aliphatic rings. The fourth-order valence-corrected chi connectivity index (χ4v) is 2.59. The van der Waals surface area contributed by atoms with Crippen LogP contribution in [-0.4, -0.2) is 0 Å². The molecule has 124 valence electrons. The van der Waals surface area contributed by atoms with Crippen LogP contribution in [0.4, 0.5) is 0 Å². The molecule has 0 saturated carbocycles. The third-order valence-electron chi connectivity index (χ3n) is 3.71. The van der Waals surface area contributed by atoms with E-state index in [0.717, 1.165) is 12.2 Å². The van der Waals surface area contributed by atoms with Crippen LogP contribution in [0.1, 0.15) is 36.1 Å². The summed E-state index contributed by atoms with van der Waals surface area (Å²) in [6.45, 7) is 2.11. The van der Waals surface area contributed by atoms with Gasteiger partial charge < -0.3 is 0 Å². The first-order valence-corrected chi connectivity index (χ1v) is 8.70. The van der Waals surface area contributed by atoms with Crippen LogP contribution in [0.5, 0.6) is 0 Å². The van der Waals surface area contributed by atoms with Gasteiger partial charge in [0.15, 0.2) is 0 Å². The lowest BCUT2D eigenvalue weighted by Gasteiger charge is -2.17. The van der Waals surface area contributed by atoms with Crippen molar-refractivity contribution in [3.63, 3.8) is 0 Å². The SMILES string of the molecule is Cc1ccc(-c2ccc3c([o+]2)CCCCC3)cc1.[O-][Cl+3]([O-])([O-])[O-]. The first-order chi connectivity index (χ1) is 10.8. The maximum absolute atomic E-state index is 8.49. The van der Waals surface area contributed by atoms with Gasteiger partial charge in [-0.2, -0.15) is 0 Å². The highest BCUT2D eigenvalue weighted by molar-refractivity contribution is 5.57. The molecule has 0 amide bonds. The van der Waals surface area contributed by atoms with Crippen molar-refractivity contribution in [1.82, 2.24) is 0 Å². The molecule has 2 aromatic rings. The van der Waals surface area contributed by atoms with Gasteiger partial charge in [0, 0.05) is 6.07 Å². The van der Waals surface area contributed by atoms with Crippen molar-refractivity contribution in [2.45, 2.75) is 39.0 Å². The second-order valence-corrected chi connectivity index (χ2v) is 6.31. The van der Waals surface area contributed by atoms with Gasteiger partial charge in [0.05, 0.1) is 17.5 Å². The minimum Gasteiger partial charge on any atom is -0.222 e. The molecule has 0 radical (unpaired) electrons. The van der Waals surface area contributed by atoms with Gasteiger partial charge in [0.2, 0.25) is 0 Å². The fourth-order valence-electron chi connectivity index (χ4n) is 2.59. The number of fused-ring (bicyclic) bond motifs is 1. The van der Waals surface area contributed by atoms with Crippen LogP contribution in [-0.2, 0) is 12.8 Å². The van der Waals surface area contributed by atoms with Crippen molar-refractivity contribution in [3.05, 3.63) is 53.3 Å². The van der Waals surface area contributed by atoms with Crippen LogP contribution in [0.2, 0.25) is 0 Å². The summed E-state index contributed by atoms with van der Waals surface area (Å²) in [6, 6.07) is 12.9. The zero-order valence-corrected chi connectivity index (χ0v) is 13.7. The van der Waals surface area contributed by atoms with Crippen LogP contribution < -0.4 is 18.6 Å². The number of hydrogen-bond donors (Lipinski definition) is 0. The quantitative estimate of drug-likeness (QED) is 0.540. The van der Waals surface area contributed by atoms with E-state index in [0.29, 0.717) is 0 Å². The number of aryl methyl sites for hydroxylation is 3. The highest BCUT2D eigenvalue weighted by Gasteiger charge is 2.21. The van der Waals surface area contributed by atoms with E-state index in [1.54, 1.807) is 0 Å². The summed E-state index contributed by atoms with van der Waals surface area (Å²) in [4.78, 5) is 0. The average Bonchev–Trinajstić information content (AvgIpc) is 2.70. The molecule has 3 rings (SSSR count). The Morgan fingerprint density at radius 1 is 0.826 bits per heavy atom. The molecule has 0 unspecified atom stereocenters. The molecule has 0 atom stereocenters. The zero-order chi connectivity index (χ0) is 16.9. The Morgan fingerprint density at radius 2 is 1.43 bits per heavy atom. The molecular weight excluding hydrogens is 320 g/mol. The van der Waals surface area contributed by atoms with Crippen molar-refractivity contribution in [3.8, 4) is 11.3 Å². The van der Waals surface area contributed by atoms with E-state index < -0.39 is 10.2 Å². The molecule has 0 saturated heterocycles. The van der Waals surface area contributed by atoms with Crippen LogP contribution in [0, 0.1) is 17.2 Å². The molecule has 0 bridgehead atoms. The normalized spacial score (nSPS) is 14.3. The molecule has 1 heterocycles. The lowest BCUT2D eigenvalue weighted by Crippen LogP contribution is -2.68. The number of benzene rings is 1. The van der Waals surface area contributed by atoms with Gasteiger partial charge >= 0.3 is 11.5 Å². The summed E-state index contributed by atoms with van der Waals surface area (Å²) in [5.74, 6) is 2.20. The van der Waals surface area contributed by atoms with Gasteiger partial charge in [-0.05, 0) is 44.4 Å². The van der Waals surface area contributed by atoms with Crippen molar-refractivity contribution in [2.24, 2.45) is 0 Å². The number of hydrogen-bond acceptors (Lipinski definition) is 4. The zero-order valence-electron chi connectivity index (χ0n) is 12.9. The molecule has 23 heavy (non-hydrogen) atoms. The van der Waals surface area contributed by atoms with E-state index >= 15 is 0 Å². The Labute approximate surface area is 137 Å². The average molecular weight is 339 g/mol. The van der Waals surface area contributed by atoms with Crippen LogP contribution >= 0.6 is 0 Å². The molecular formula is C17H19ClO5. The molecule has 1 aromatic carbocycles. The van der Waals surface area contributed by atoms with E-state index in [4.69, 9.17) is 23.1 Å². The van der Waals surface area contributed by atoms with Gasteiger partial charge in [-0.25, -0.2) is 23.1 Å². The summed E-state index contributed by atoms with van der Waals surface area (Å²) in [5.41, 5.74) is 3.87. The molecule has 0 N–H and O–H groups in total. The monoisotopic (exact) mass is 338 g/mol. The maximum atomic E-state index is 8.49. The topological polar surface area (TPSA) is 104 Å². The van der Waals surface area contributed by atoms with E-state index in [2.05, 4.69) is 43.3 Å². The second kappa shape index (κ2) is 7.86. The van der Waals surface area contributed by atoms with Crippen LogP contribution in [0.25, 0.3) is 11.3 Å². The van der Waals surface area contributed by atoms with Gasteiger partial charge in [0.25, 0.3) is 0 Å². The predicted octanol–water partition coefficient (Wildman–Crippen LogP) is 0.0490. The summed E-state index contributed by atoms with van der Waals surface area (Å²) >= 11 is 0. The third-order valence-corrected chi connectivity index (χ3v) is 3.71. The van der Waals surface area contributed by atoms with E-state index in [-0.39, 0.29) is 0 Å². The Balaban J connectivity index is 0.000000338. The minimum atomic E-state index is -4.94. The summed E-state index contributed by atoms with van der Waals surface area (Å²) in [6.07, 6.45) is 6.15. The largest absolute Gasteiger partial charge is 0.360 e. The molecule has 0 spiro atoms. The molecule has 1 aromatic heterocycles. The van der Waals surface area contributed by atoms with E-state index in [1.807, 2.05) is 0 Å². The van der Waals surface area contributed by atoms with Gasteiger partial charge in [-0.1, -0.05) is 24.1 Å². The first-order valence-electron chi connectivity index (χ1n) is 7.46. The Hall–Kier alpha value is -1.50. The Kier molecular flexibility index (Phi) is 6.10. The van der Waals surface area contributed by atoms with Crippen molar-refractivity contribution in [2.75, 3.05) is 0 Å². The number of rotatable bonds is 1. The highest BCUT2D eigenvalue weighted by Crippen LogP contribution is 2.27. The summed E-state index contributed by atoms with van der Waals surface area (Å²) in [7, 11) is -4.94. The predicted molar refractivity (Wildman–Crippen MR) is 74.5 cm³/mol. The van der Waals surface area contributed by atoms with Crippen LogP contribution in [0.15, 0.2) is 40.8 Å². The maximum Gasteiger partial charge on any atom is 0.360 e. The van der Waals surface area contributed by atoms with Crippen molar-refractivity contribution >= 4 is 0 Å². The number of halogens is 1. The Morgan fingerprint density at radius 3 is 2.09 bits per heavy atom. The van der Waals surface area contributed by atoms with E-state index in [1.165, 1.54) is 48.1 Å². The molecule has 1 aliphatic carbocycles.